The highest BCUT2D eigenvalue weighted by atomic mass is 16.5. The van der Waals surface area contributed by atoms with Gasteiger partial charge in [-0.3, -0.25) is 9.48 Å². The average Bonchev–Trinajstić information content (AvgIpc) is 2.98. The predicted molar refractivity (Wildman–Crippen MR) is 69.7 cm³/mol. The fourth-order valence-corrected chi connectivity index (χ4v) is 1.99. The highest BCUT2D eigenvalue weighted by molar-refractivity contribution is 6.00. The molecule has 102 valence electrons. The summed E-state index contributed by atoms with van der Waals surface area (Å²) < 4.78 is 6.41. The Morgan fingerprint density at radius 1 is 1.47 bits per heavy atom. The van der Waals surface area contributed by atoms with Crippen LogP contribution in [0.2, 0.25) is 0 Å². The number of carbonyl (C=O) groups excluding carboxylic acids is 2. The van der Waals surface area contributed by atoms with Gasteiger partial charge in [-0.05, 0) is 19.8 Å². The highest BCUT2D eigenvalue weighted by Crippen LogP contribution is 2.21. The molecule has 0 saturated carbocycles. The Bertz CT molecular complexity index is 511. The van der Waals surface area contributed by atoms with Crippen molar-refractivity contribution in [1.29, 1.82) is 0 Å². The molecule has 1 heterocycles. The summed E-state index contributed by atoms with van der Waals surface area (Å²) in [6.45, 7) is 2.02. The van der Waals surface area contributed by atoms with Crippen LogP contribution in [0.4, 0.5) is 5.82 Å². The van der Waals surface area contributed by atoms with Gasteiger partial charge in [0, 0.05) is 19.2 Å². The Morgan fingerprint density at radius 2 is 2.16 bits per heavy atom. The molecular weight excluding hydrogens is 246 g/mol. The highest BCUT2D eigenvalue weighted by Gasteiger charge is 2.23. The lowest BCUT2D eigenvalue weighted by Gasteiger charge is -2.09. The number of nitrogens with one attached hydrogen (secondary N) is 1. The van der Waals surface area contributed by atoms with E-state index < -0.39 is 5.97 Å². The fraction of sp³-hybridized carbons (Fsp3) is 0.462. The standard InChI is InChI=1S/C13H17N3O3/c1-3-19-13(18)10-8-16(2)15-11(10)14-12(17)9-6-4-5-7-9/h4-5,8-9H,3,6-7H2,1-2H3,(H,14,15,17). The largest absolute Gasteiger partial charge is 0.462 e. The van der Waals surface area contributed by atoms with E-state index in [0.29, 0.717) is 0 Å². The summed E-state index contributed by atoms with van der Waals surface area (Å²) in [4.78, 5) is 23.7. The van der Waals surface area contributed by atoms with Crippen LogP contribution in [-0.2, 0) is 16.6 Å². The first-order chi connectivity index (χ1) is 9.11. The minimum Gasteiger partial charge on any atom is -0.462 e. The molecule has 19 heavy (non-hydrogen) atoms. The van der Waals surface area contributed by atoms with Gasteiger partial charge in [-0.15, -0.1) is 0 Å². The van der Waals surface area contributed by atoms with Crippen LogP contribution >= 0.6 is 0 Å². The quantitative estimate of drug-likeness (QED) is 0.660. The summed E-state index contributed by atoms with van der Waals surface area (Å²) in [7, 11) is 1.69. The molecule has 6 nitrogen and oxygen atoms in total. The first-order valence-electron chi connectivity index (χ1n) is 6.28. The van der Waals surface area contributed by atoms with E-state index in [2.05, 4.69) is 10.4 Å². The molecule has 0 saturated heterocycles. The summed E-state index contributed by atoms with van der Waals surface area (Å²) in [5.41, 5.74) is 0.281. The number of aryl methyl sites for hydroxylation is 1. The van der Waals surface area contributed by atoms with Crippen molar-refractivity contribution in [3.05, 3.63) is 23.9 Å². The number of nitrogens with zero attached hydrogens (tertiary/aromatic N) is 2. The number of hydrogen-bond donors (Lipinski definition) is 1. The molecule has 1 aliphatic carbocycles. The van der Waals surface area contributed by atoms with Crippen LogP contribution in [0.15, 0.2) is 18.3 Å². The third-order valence-corrected chi connectivity index (χ3v) is 2.94. The summed E-state index contributed by atoms with van der Waals surface area (Å²) in [5, 5.41) is 6.79. The second-order valence-electron chi connectivity index (χ2n) is 4.41. The van der Waals surface area contributed by atoms with Gasteiger partial charge in [0.15, 0.2) is 5.82 Å². The topological polar surface area (TPSA) is 73.2 Å². The van der Waals surface area contributed by atoms with Gasteiger partial charge in [0.1, 0.15) is 5.56 Å². The van der Waals surface area contributed by atoms with E-state index in [-0.39, 0.29) is 29.8 Å². The number of anilines is 1. The Morgan fingerprint density at radius 3 is 2.79 bits per heavy atom. The number of aromatic nitrogens is 2. The van der Waals surface area contributed by atoms with Gasteiger partial charge < -0.3 is 10.1 Å². The van der Waals surface area contributed by atoms with Crippen molar-refractivity contribution in [3.8, 4) is 0 Å². The third-order valence-electron chi connectivity index (χ3n) is 2.94. The molecule has 0 bridgehead atoms. The maximum atomic E-state index is 12.0. The second kappa shape index (κ2) is 5.69. The van der Waals surface area contributed by atoms with Crippen molar-refractivity contribution in [3.63, 3.8) is 0 Å². The van der Waals surface area contributed by atoms with E-state index in [1.54, 1.807) is 20.2 Å². The molecule has 6 heteroatoms. The zero-order valence-corrected chi connectivity index (χ0v) is 11.0. The fourth-order valence-electron chi connectivity index (χ4n) is 1.99. The van der Waals surface area contributed by atoms with E-state index in [9.17, 15) is 9.59 Å². The number of ether oxygens (including phenoxy) is 1. The number of rotatable bonds is 4. The molecule has 1 aliphatic rings. The van der Waals surface area contributed by atoms with Crippen LogP contribution in [0.5, 0.6) is 0 Å². The minimum absolute atomic E-state index is 0.0722. The summed E-state index contributed by atoms with van der Waals surface area (Å²) >= 11 is 0. The van der Waals surface area contributed by atoms with Gasteiger partial charge in [-0.25, -0.2) is 4.79 Å². The first kappa shape index (κ1) is 13.3. The second-order valence-corrected chi connectivity index (χ2v) is 4.41. The van der Waals surface area contributed by atoms with Crippen molar-refractivity contribution in [2.24, 2.45) is 13.0 Å². The summed E-state index contributed by atoms with van der Waals surface area (Å²) in [6, 6.07) is 0. The molecule has 0 aliphatic heterocycles. The molecule has 1 N–H and O–H groups in total. The molecule has 0 spiro atoms. The van der Waals surface area contributed by atoms with Gasteiger partial charge in [0.25, 0.3) is 0 Å². The van der Waals surface area contributed by atoms with Gasteiger partial charge in [-0.1, -0.05) is 12.2 Å². The molecule has 1 amide bonds. The van der Waals surface area contributed by atoms with E-state index in [0.717, 1.165) is 12.8 Å². The maximum absolute atomic E-state index is 12.0. The Labute approximate surface area is 111 Å². The van der Waals surface area contributed by atoms with Crippen LogP contribution in [0.3, 0.4) is 0 Å². The van der Waals surface area contributed by atoms with Gasteiger partial charge in [0.05, 0.1) is 6.61 Å². The van der Waals surface area contributed by atoms with Crippen LogP contribution in [0, 0.1) is 5.92 Å². The van der Waals surface area contributed by atoms with E-state index >= 15 is 0 Å². The Balaban J connectivity index is 2.11. The number of carbonyl (C=O) groups is 2. The number of hydrogen-bond acceptors (Lipinski definition) is 4. The van der Waals surface area contributed by atoms with Crippen LogP contribution in [0.1, 0.15) is 30.1 Å². The lowest BCUT2D eigenvalue weighted by atomic mass is 10.1. The van der Waals surface area contributed by atoms with Crippen molar-refractivity contribution >= 4 is 17.7 Å². The minimum atomic E-state index is -0.476. The molecule has 1 aromatic heterocycles. The molecule has 0 radical (unpaired) electrons. The molecule has 0 atom stereocenters. The predicted octanol–water partition coefficient (Wildman–Crippen LogP) is 1.50. The SMILES string of the molecule is CCOC(=O)c1cn(C)nc1NC(=O)C1CC=CC1. The van der Waals surface area contributed by atoms with Gasteiger partial charge in [0.2, 0.25) is 5.91 Å². The molecule has 0 unspecified atom stereocenters. The summed E-state index contributed by atoms with van der Waals surface area (Å²) in [5.74, 6) is -0.403. The zero-order valence-electron chi connectivity index (χ0n) is 11.0. The van der Waals surface area contributed by atoms with Crippen LogP contribution in [0.25, 0.3) is 0 Å². The average molecular weight is 263 g/mol. The number of amides is 1. The third kappa shape index (κ3) is 3.01. The van der Waals surface area contributed by atoms with E-state index in [1.165, 1.54) is 4.68 Å². The zero-order chi connectivity index (χ0) is 13.8. The molecule has 2 rings (SSSR count). The van der Waals surface area contributed by atoms with Crippen molar-refractivity contribution in [2.75, 3.05) is 11.9 Å². The maximum Gasteiger partial charge on any atom is 0.343 e. The first-order valence-corrected chi connectivity index (χ1v) is 6.28. The van der Waals surface area contributed by atoms with Gasteiger partial charge >= 0.3 is 5.97 Å². The monoisotopic (exact) mass is 263 g/mol. The van der Waals surface area contributed by atoms with Crippen molar-refractivity contribution in [2.45, 2.75) is 19.8 Å². The van der Waals surface area contributed by atoms with Crippen LogP contribution < -0.4 is 5.32 Å². The van der Waals surface area contributed by atoms with Crippen LogP contribution in [-0.4, -0.2) is 28.3 Å². The number of allylic oxidation sites excluding steroid dienone is 2. The molecular formula is C13H17N3O3. The Hall–Kier alpha value is -2.11. The molecule has 1 aromatic rings. The lowest BCUT2D eigenvalue weighted by molar-refractivity contribution is -0.119. The number of esters is 1. The lowest BCUT2D eigenvalue weighted by Crippen LogP contribution is -2.22. The normalized spacial score (nSPS) is 14.6. The molecule has 0 fully saturated rings. The Kier molecular flexibility index (Phi) is 3.99. The van der Waals surface area contributed by atoms with Crippen molar-refractivity contribution < 1.29 is 14.3 Å². The van der Waals surface area contributed by atoms with Gasteiger partial charge in [-0.2, -0.15) is 5.10 Å². The van der Waals surface area contributed by atoms with E-state index in [4.69, 9.17) is 4.74 Å². The summed E-state index contributed by atoms with van der Waals surface area (Å²) in [6.07, 6.45) is 6.96. The molecule has 0 aromatic carbocycles. The van der Waals surface area contributed by atoms with E-state index in [1.807, 2.05) is 12.2 Å². The smallest absolute Gasteiger partial charge is 0.343 e. The van der Waals surface area contributed by atoms with Crippen molar-refractivity contribution in [1.82, 2.24) is 9.78 Å².